The molecule has 2 aromatic carbocycles. The normalized spacial score (nSPS) is 24.0. The molecule has 0 bridgehead atoms. The van der Waals surface area contributed by atoms with Crippen molar-refractivity contribution in [3.8, 4) is 17.2 Å². The first-order valence-electron chi connectivity index (χ1n) is 12.3. The van der Waals surface area contributed by atoms with Crippen molar-refractivity contribution < 1.29 is 33.6 Å². The number of piperazine rings is 1. The van der Waals surface area contributed by atoms with Gasteiger partial charge in [0.25, 0.3) is 5.91 Å². The molecule has 2 fully saturated rings. The van der Waals surface area contributed by atoms with Gasteiger partial charge in [0.1, 0.15) is 38.5 Å². The molecule has 5 rings (SSSR count). The van der Waals surface area contributed by atoms with Gasteiger partial charge in [0.15, 0.2) is 17.5 Å². The van der Waals surface area contributed by atoms with Crippen molar-refractivity contribution in [2.75, 3.05) is 44.5 Å². The average molecular weight is 468 g/mol. The summed E-state index contributed by atoms with van der Waals surface area (Å²) in [7, 11) is 0. The topological polar surface area (TPSA) is 73.9 Å². The molecule has 0 radical (unpaired) electrons. The average Bonchev–Trinajstić information content (AvgIpc) is 3.44. The highest BCUT2D eigenvalue weighted by molar-refractivity contribution is 6.21. The van der Waals surface area contributed by atoms with Crippen LogP contribution in [0, 0.1) is 0 Å². The number of carbonyl (C=O) groups is 2. The van der Waals surface area contributed by atoms with E-state index in [4.69, 9.17) is 14.2 Å². The third-order valence-electron chi connectivity index (χ3n) is 6.99. The molecule has 3 heterocycles. The number of unbranched alkanes of at least 4 members (excludes halogenated alkanes) is 1. The third kappa shape index (κ3) is 4.74. The minimum atomic E-state index is -0.292. The van der Waals surface area contributed by atoms with Crippen molar-refractivity contribution in [1.82, 2.24) is 0 Å². The van der Waals surface area contributed by atoms with E-state index in [-0.39, 0.29) is 31.1 Å². The molecule has 0 aliphatic carbocycles. The summed E-state index contributed by atoms with van der Waals surface area (Å²) < 4.78 is 16.6. The number of nitrogens with zero attached hydrogens (tertiary/aromatic N) is 1. The Bertz CT molecular complexity index is 1030. The summed E-state index contributed by atoms with van der Waals surface area (Å²) in [6.45, 7) is 7.68. The third-order valence-corrected chi connectivity index (χ3v) is 6.99. The number of anilines is 1. The Morgan fingerprint density at radius 2 is 1.76 bits per heavy atom. The van der Waals surface area contributed by atoms with Crippen LogP contribution in [-0.2, 0) is 16.1 Å². The van der Waals surface area contributed by atoms with Crippen LogP contribution in [0.4, 0.5) is 5.69 Å². The zero-order valence-electron chi connectivity index (χ0n) is 19.7. The number of carbonyl (C=O) groups excluding carboxylic acids is 2. The second kappa shape index (κ2) is 10.0. The fourth-order valence-corrected chi connectivity index (χ4v) is 5.04. The zero-order chi connectivity index (χ0) is 23.5. The van der Waals surface area contributed by atoms with E-state index in [2.05, 4.69) is 19.1 Å². The zero-order valence-corrected chi connectivity index (χ0v) is 19.7. The van der Waals surface area contributed by atoms with Crippen LogP contribution in [0.1, 0.15) is 31.7 Å². The molecular formula is C26H33N3O5+2. The van der Waals surface area contributed by atoms with Crippen molar-refractivity contribution in [1.29, 1.82) is 0 Å². The van der Waals surface area contributed by atoms with Crippen molar-refractivity contribution in [2.45, 2.75) is 38.8 Å². The van der Waals surface area contributed by atoms with Crippen molar-refractivity contribution >= 4 is 17.5 Å². The first kappa shape index (κ1) is 22.7. The van der Waals surface area contributed by atoms with Gasteiger partial charge in [0, 0.05) is 5.56 Å². The Morgan fingerprint density at radius 1 is 1.00 bits per heavy atom. The maximum Gasteiger partial charge on any atom is 0.292 e. The molecule has 0 saturated carbocycles. The van der Waals surface area contributed by atoms with Crippen molar-refractivity contribution in [2.24, 2.45) is 0 Å². The van der Waals surface area contributed by atoms with E-state index >= 15 is 0 Å². The lowest BCUT2D eigenvalue weighted by molar-refractivity contribution is -1.02. The summed E-state index contributed by atoms with van der Waals surface area (Å²) in [5, 5.41) is 0. The number of quaternary nitrogens is 2. The molecule has 0 spiro atoms. The van der Waals surface area contributed by atoms with Crippen LogP contribution >= 0.6 is 0 Å². The van der Waals surface area contributed by atoms with E-state index in [9.17, 15) is 9.59 Å². The summed E-state index contributed by atoms with van der Waals surface area (Å²) in [4.78, 5) is 30.0. The van der Waals surface area contributed by atoms with Gasteiger partial charge in [-0.05, 0) is 48.9 Å². The Balaban J connectivity index is 1.16. The molecule has 180 valence electrons. The Labute approximate surface area is 200 Å². The van der Waals surface area contributed by atoms with Crippen LogP contribution in [0.5, 0.6) is 17.2 Å². The van der Waals surface area contributed by atoms with Gasteiger partial charge in [-0.2, -0.15) is 0 Å². The maximum absolute atomic E-state index is 13.2. The molecule has 2 N–H and O–H groups in total. The number of hydrogen-bond acceptors (Lipinski definition) is 5. The van der Waals surface area contributed by atoms with Gasteiger partial charge < -0.3 is 24.0 Å². The number of fused-ring (bicyclic) bond motifs is 1. The second-order valence-electron chi connectivity index (χ2n) is 9.29. The molecule has 2 saturated heterocycles. The molecule has 0 aromatic heterocycles. The number of imide groups is 1. The van der Waals surface area contributed by atoms with Gasteiger partial charge in [0.2, 0.25) is 12.7 Å². The van der Waals surface area contributed by atoms with Gasteiger partial charge in [0.05, 0.1) is 18.7 Å². The molecule has 0 unspecified atom stereocenters. The highest BCUT2D eigenvalue weighted by Crippen LogP contribution is 2.32. The van der Waals surface area contributed by atoms with Crippen LogP contribution in [0.3, 0.4) is 0 Å². The fourth-order valence-electron chi connectivity index (χ4n) is 5.04. The first-order chi connectivity index (χ1) is 16.6. The minimum absolute atomic E-state index is 0.0844. The molecule has 3 aliphatic heterocycles. The summed E-state index contributed by atoms with van der Waals surface area (Å²) >= 11 is 0. The predicted molar refractivity (Wildman–Crippen MR) is 125 cm³/mol. The first-order valence-corrected chi connectivity index (χ1v) is 12.3. The Morgan fingerprint density at radius 3 is 2.53 bits per heavy atom. The van der Waals surface area contributed by atoms with Gasteiger partial charge in [-0.25, -0.2) is 4.90 Å². The summed E-state index contributed by atoms with van der Waals surface area (Å²) in [6, 6.07) is 13.1. The van der Waals surface area contributed by atoms with Crippen molar-refractivity contribution in [3.63, 3.8) is 0 Å². The van der Waals surface area contributed by atoms with E-state index in [1.165, 1.54) is 20.3 Å². The molecule has 1 atom stereocenters. The predicted octanol–water partition coefficient (Wildman–Crippen LogP) is 0.210. The number of rotatable bonds is 8. The van der Waals surface area contributed by atoms with Crippen LogP contribution in [0.25, 0.3) is 0 Å². The smallest absolute Gasteiger partial charge is 0.292 e. The number of nitrogens with one attached hydrogen (secondary N) is 2. The van der Waals surface area contributed by atoms with Gasteiger partial charge in [-0.3, -0.25) is 9.59 Å². The van der Waals surface area contributed by atoms with E-state index in [1.807, 2.05) is 30.3 Å². The van der Waals surface area contributed by atoms with E-state index < -0.39 is 0 Å². The standard InChI is InChI=1S/C26H31N3O5/c1-2-3-14-32-21-7-5-20(6-8-21)29-25(30)16-22(26(29)31)28-12-10-27(11-13-28)17-19-4-9-23-24(15-19)34-18-33-23/h4-9,15,22H,2-3,10-14,16-18H2,1H3/p+2/t22-/m0/s1. The molecule has 2 aromatic rings. The molecule has 34 heavy (non-hydrogen) atoms. The maximum atomic E-state index is 13.2. The Kier molecular flexibility index (Phi) is 6.69. The summed E-state index contributed by atoms with van der Waals surface area (Å²) in [5.41, 5.74) is 1.86. The largest absolute Gasteiger partial charge is 0.494 e. The van der Waals surface area contributed by atoms with E-state index in [1.54, 1.807) is 0 Å². The number of benzene rings is 2. The lowest BCUT2D eigenvalue weighted by Gasteiger charge is -2.32. The van der Waals surface area contributed by atoms with Crippen LogP contribution in [-0.4, -0.2) is 57.4 Å². The monoisotopic (exact) mass is 467 g/mol. The summed E-state index contributed by atoms with van der Waals surface area (Å²) in [5.74, 6) is 2.19. The molecule has 2 amide bonds. The SMILES string of the molecule is CCCCOc1ccc(N2C(=O)C[C@H]([NH+]3CC[NH+](Cc4ccc5c(c4)OCO5)CC3)C2=O)cc1. The van der Waals surface area contributed by atoms with Crippen LogP contribution in [0.15, 0.2) is 42.5 Å². The lowest BCUT2D eigenvalue weighted by Crippen LogP contribution is -3.29. The number of amides is 2. The van der Waals surface area contributed by atoms with Crippen LogP contribution in [0.2, 0.25) is 0 Å². The van der Waals surface area contributed by atoms with Gasteiger partial charge in [-0.15, -0.1) is 0 Å². The van der Waals surface area contributed by atoms with E-state index in [0.29, 0.717) is 12.3 Å². The fraction of sp³-hybridized carbons (Fsp3) is 0.462. The molecule has 8 nitrogen and oxygen atoms in total. The summed E-state index contributed by atoms with van der Waals surface area (Å²) in [6.07, 6.45) is 2.36. The highest BCUT2D eigenvalue weighted by atomic mass is 16.7. The number of hydrogen-bond donors (Lipinski definition) is 2. The van der Waals surface area contributed by atoms with Gasteiger partial charge in [-0.1, -0.05) is 13.3 Å². The molecular weight excluding hydrogens is 434 g/mol. The second-order valence-corrected chi connectivity index (χ2v) is 9.29. The Hall–Kier alpha value is -3.10. The molecule has 8 heteroatoms. The highest BCUT2D eigenvalue weighted by Gasteiger charge is 2.47. The molecule has 3 aliphatic rings. The quantitative estimate of drug-likeness (QED) is 0.429. The minimum Gasteiger partial charge on any atom is -0.494 e. The number of ether oxygens (including phenoxy) is 3. The van der Waals surface area contributed by atoms with Gasteiger partial charge >= 0.3 is 0 Å². The lowest BCUT2D eigenvalue weighted by atomic mass is 10.1. The van der Waals surface area contributed by atoms with E-state index in [0.717, 1.165) is 62.8 Å². The van der Waals surface area contributed by atoms with Crippen LogP contribution < -0.4 is 28.9 Å². The van der Waals surface area contributed by atoms with Crippen molar-refractivity contribution in [3.05, 3.63) is 48.0 Å².